The molecule has 1 atom stereocenters. The van der Waals surface area contributed by atoms with Crippen molar-refractivity contribution in [3.63, 3.8) is 0 Å². The third-order valence-corrected chi connectivity index (χ3v) is 6.06. The third kappa shape index (κ3) is 3.15. The molecule has 5 aromatic rings. The third-order valence-electron chi connectivity index (χ3n) is 6.06. The molecular formula is C25H20N6O. The lowest BCUT2D eigenvalue weighted by Crippen LogP contribution is -2.19. The minimum absolute atomic E-state index is 0.0362. The number of rotatable bonds is 4. The molecule has 0 radical (unpaired) electrons. The van der Waals surface area contributed by atoms with E-state index < -0.39 is 0 Å². The fourth-order valence-electron chi connectivity index (χ4n) is 4.50. The number of fused-ring (bicyclic) bond motifs is 2. The van der Waals surface area contributed by atoms with Crippen LogP contribution in [0.4, 0.5) is 5.69 Å². The molecule has 156 valence electrons. The zero-order chi connectivity index (χ0) is 21.5. The molecule has 0 saturated carbocycles. The van der Waals surface area contributed by atoms with Gasteiger partial charge in [-0.05, 0) is 60.4 Å². The van der Waals surface area contributed by atoms with Gasteiger partial charge in [0.25, 0.3) is 0 Å². The van der Waals surface area contributed by atoms with Crippen molar-refractivity contribution >= 4 is 22.5 Å². The Morgan fingerprint density at radius 3 is 2.91 bits per heavy atom. The van der Waals surface area contributed by atoms with Crippen molar-refractivity contribution in [1.82, 2.24) is 25.0 Å². The van der Waals surface area contributed by atoms with Gasteiger partial charge < -0.3 is 5.32 Å². The molecule has 32 heavy (non-hydrogen) atoms. The maximum Gasteiger partial charge on any atom is 0.231 e. The van der Waals surface area contributed by atoms with Gasteiger partial charge in [0.2, 0.25) is 5.91 Å². The number of aromatic nitrogens is 5. The molecule has 2 heterocycles. The molecule has 7 heteroatoms. The van der Waals surface area contributed by atoms with Crippen molar-refractivity contribution in [2.75, 3.05) is 5.32 Å². The lowest BCUT2D eigenvalue weighted by molar-refractivity contribution is -0.117. The summed E-state index contributed by atoms with van der Waals surface area (Å²) in [6, 6.07) is 22.0. The van der Waals surface area contributed by atoms with Gasteiger partial charge in [0.15, 0.2) is 5.82 Å². The van der Waals surface area contributed by atoms with Crippen molar-refractivity contribution in [3.8, 4) is 17.1 Å². The number of hydrogen-bond acceptors (Lipinski definition) is 4. The first-order valence-corrected chi connectivity index (χ1v) is 10.6. The van der Waals surface area contributed by atoms with E-state index in [0.29, 0.717) is 0 Å². The number of benzene rings is 3. The van der Waals surface area contributed by atoms with E-state index in [1.54, 1.807) is 0 Å². The molecule has 0 aliphatic heterocycles. The molecule has 0 saturated heterocycles. The van der Waals surface area contributed by atoms with Crippen molar-refractivity contribution in [3.05, 3.63) is 90.4 Å². The van der Waals surface area contributed by atoms with E-state index in [0.717, 1.165) is 52.1 Å². The van der Waals surface area contributed by atoms with Gasteiger partial charge >= 0.3 is 0 Å². The van der Waals surface area contributed by atoms with E-state index in [4.69, 9.17) is 0 Å². The zero-order valence-corrected chi connectivity index (χ0v) is 17.2. The van der Waals surface area contributed by atoms with Gasteiger partial charge in [0, 0.05) is 16.6 Å². The highest BCUT2D eigenvalue weighted by Gasteiger charge is 2.28. The van der Waals surface area contributed by atoms with Gasteiger partial charge in [0.1, 0.15) is 6.33 Å². The molecule has 1 aliphatic carbocycles. The van der Waals surface area contributed by atoms with Crippen LogP contribution in [-0.4, -0.2) is 30.9 Å². The molecule has 0 fully saturated rings. The van der Waals surface area contributed by atoms with Crippen molar-refractivity contribution < 1.29 is 4.79 Å². The quantitative estimate of drug-likeness (QED) is 0.449. The van der Waals surface area contributed by atoms with Crippen LogP contribution in [0.1, 0.15) is 23.5 Å². The van der Waals surface area contributed by atoms with E-state index in [-0.39, 0.29) is 11.8 Å². The lowest BCUT2D eigenvalue weighted by Gasteiger charge is -2.13. The highest BCUT2D eigenvalue weighted by molar-refractivity contribution is 5.97. The summed E-state index contributed by atoms with van der Waals surface area (Å²) in [5.74, 6) is 0.655. The lowest BCUT2D eigenvalue weighted by atomic mass is 10.0. The van der Waals surface area contributed by atoms with Crippen LogP contribution in [0.15, 0.2) is 79.3 Å². The van der Waals surface area contributed by atoms with Gasteiger partial charge in [-0.1, -0.05) is 30.3 Å². The Balaban J connectivity index is 1.28. The van der Waals surface area contributed by atoms with Crippen LogP contribution >= 0.6 is 0 Å². The Hall–Kier alpha value is -4.26. The van der Waals surface area contributed by atoms with Crippen LogP contribution in [0.5, 0.6) is 0 Å². The first kappa shape index (κ1) is 18.5. The molecule has 1 amide bonds. The summed E-state index contributed by atoms with van der Waals surface area (Å²) < 4.78 is 1.88. The summed E-state index contributed by atoms with van der Waals surface area (Å²) in [6.07, 6.45) is 5.12. The number of H-pyrrole nitrogens is 1. The molecule has 0 unspecified atom stereocenters. The average molecular weight is 420 g/mol. The topological polar surface area (TPSA) is 88.5 Å². The second-order valence-electron chi connectivity index (χ2n) is 7.99. The van der Waals surface area contributed by atoms with Crippen LogP contribution in [0, 0.1) is 0 Å². The Kier molecular flexibility index (Phi) is 4.31. The Morgan fingerprint density at radius 1 is 1.06 bits per heavy atom. The number of hydrogen-bond donors (Lipinski definition) is 2. The van der Waals surface area contributed by atoms with Crippen LogP contribution in [0.2, 0.25) is 0 Å². The van der Waals surface area contributed by atoms with Crippen LogP contribution in [-0.2, 0) is 11.2 Å². The van der Waals surface area contributed by atoms with Gasteiger partial charge in [-0.15, -0.1) is 0 Å². The van der Waals surface area contributed by atoms with Crippen LogP contribution < -0.4 is 5.32 Å². The molecule has 7 nitrogen and oxygen atoms in total. The van der Waals surface area contributed by atoms with Crippen molar-refractivity contribution in [1.29, 1.82) is 0 Å². The summed E-state index contributed by atoms with van der Waals surface area (Å²) in [7, 11) is 0. The second-order valence-corrected chi connectivity index (χ2v) is 7.99. The van der Waals surface area contributed by atoms with E-state index in [2.05, 4.69) is 37.7 Å². The zero-order valence-electron chi connectivity index (χ0n) is 17.2. The second kappa shape index (κ2) is 7.46. The number of anilines is 1. The first-order chi connectivity index (χ1) is 15.8. The maximum atomic E-state index is 13.0. The number of nitrogens with zero attached hydrogens (tertiary/aromatic N) is 4. The monoisotopic (exact) mass is 420 g/mol. The molecular weight excluding hydrogens is 400 g/mol. The molecule has 0 spiro atoms. The van der Waals surface area contributed by atoms with Gasteiger partial charge in [-0.3, -0.25) is 9.89 Å². The van der Waals surface area contributed by atoms with Crippen LogP contribution in [0.3, 0.4) is 0 Å². The van der Waals surface area contributed by atoms with Crippen LogP contribution in [0.25, 0.3) is 28.0 Å². The van der Waals surface area contributed by atoms with Gasteiger partial charge in [-0.25, -0.2) is 9.67 Å². The molecule has 6 rings (SSSR count). The van der Waals surface area contributed by atoms with Gasteiger partial charge in [-0.2, -0.15) is 10.2 Å². The van der Waals surface area contributed by atoms with Gasteiger partial charge in [0.05, 0.1) is 23.3 Å². The average Bonchev–Trinajstić information content (AvgIpc) is 3.58. The number of aromatic amines is 1. The highest BCUT2D eigenvalue weighted by Crippen LogP contribution is 2.34. The number of aryl methyl sites for hydroxylation is 1. The molecule has 2 N–H and O–H groups in total. The Bertz CT molecular complexity index is 1440. The minimum atomic E-state index is -0.102. The predicted molar refractivity (Wildman–Crippen MR) is 123 cm³/mol. The summed E-state index contributed by atoms with van der Waals surface area (Å²) >= 11 is 0. The van der Waals surface area contributed by atoms with E-state index in [1.165, 1.54) is 11.9 Å². The fraction of sp³-hybridized carbons (Fsp3) is 0.120. The number of carbonyl (C=O) groups excluding carboxylic acids is 1. The van der Waals surface area contributed by atoms with E-state index in [1.807, 2.05) is 65.5 Å². The largest absolute Gasteiger partial charge is 0.325 e. The number of carbonyl (C=O) groups is 1. The van der Waals surface area contributed by atoms with E-state index >= 15 is 0 Å². The maximum absolute atomic E-state index is 13.0. The summed E-state index contributed by atoms with van der Waals surface area (Å²) in [4.78, 5) is 17.2. The Labute approximate surface area is 184 Å². The molecule has 2 aromatic heterocycles. The number of amides is 1. The fourth-order valence-corrected chi connectivity index (χ4v) is 4.50. The molecule has 0 bridgehead atoms. The SMILES string of the molecule is O=C(Nc1cccc(-n2ncc3cc(-c4ncn[nH]4)ccc32)c1)[C@@H]1CCc2ccccc21. The van der Waals surface area contributed by atoms with E-state index in [9.17, 15) is 4.79 Å². The highest BCUT2D eigenvalue weighted by atomic mass is 16.1. The van der Waals surface area contributed by atoms with Crippen molar-refractivity contribution in [2.45, 2.75) is 18.8 Å². The van der Waals surface area contributed by atoms with Crippen molar-refractivity contribution in [2.24, 2.45) is 0 Å². The summed E-state index contributed by atoms with van der Waals surface area (Å²) in [6.45, 7) is 0. The molecule has 1 aliphatic rings. The predicted octanol–water partition coefficient (Wildman–Crippen LogP) is 4.48. The standard InChI is InChI=1S/C25H20N6O/c32-25(22-10-8-16-4-1-2-7-21(16)22)29-19-5-3-6-20(13-19)31-23-11-9-17(12-18(23)14-28-31)24-26-15-27-30-24/h1-7,9,11-15,22H,8,10H2,(H,29,32)(H,26,27,30)/t22-/m1/s1. The summed E-state index contributed by atoms with van der Waals surface area (Å²) in [5, 5.41) is 15.5. The normalized spacial score (nSPS) is 15.1. The minimum Gasteiger partial charge on any atom is -0.325 e. The first-order valence-electron chi connectivity index (χ1n) is 10.6. The molecule has 3 aromatic carbocycles. The number of nitrogens with one attached hydrogen (secondary N) is 2. The smallest absolute Gasteiger partial charge is 0.231 e. The Morgan fingerprint density at radius 2 is 2.00 bits per heavy atom. The summed E-state index contributed by atoms with van der Waals surface area (Å²) in [5.41, 5.74) is 5.99.